The normalized spacial score (nSPS) is 18.1. The molecule has 0 bridgehead atoms. The lowest BCUT2D eigenvalue weighted by atomic mass is 10.0. The minimum atomic E-state index is -0.126. The van der Waals surface area contributed by atoms with Gasteiger partial charge in [0.1, 0.15) is 6.33 Å². The molecule has 2 aromatic rings. The predicted molar refractivity (Wildman–Crippen MR) is 70.7 cm³/mol. The lowest BCUT2D eigenvalue weighted by Crippen LogP contribution is -2.33. The maximum atomic E-state index is 12.0. The van der Waals surface area contributed by atoms with Crippen LogP contribution in [-0.2, 0) is 0 Å². The van der Waals surface area contributed by atoms with E-state index in [4.69, 9.17) is 0 Å². The van der Waals surface area contributed by atoms with Crippen LogP contribution in [0.15, 0.2) is 47.9 Å². The van der Waals surface area contributed by atoms with Crippen molar-refractivity contribution in [3.05, 3.63) is 48.5 Å². The number of hydrogen-bond donors (Lipinski definition) is 1. The van der Waals surface area contributed by atoms with Crippen LogP contribution in [0.3, 0.4) is 0 Å². The van der Waals surface area contributed by atoms with Crippen LogP contribution in [-0.4, -0.2) is 21.3 Å². The number of amides is 1. The molecular weight excluding hydrogens is 246 g/mol. The molecule has 92 valence electrons. The fourth-order valence-electron chi connectivity index (χ4n) is 2.09. The van der Waals surface area contributed by atoms with E-state index in [0.717, 1.165) is 12.2 Å². The molecular formula is C13H13N3OS. The Bertz CT molecular complexity index is 553. The van der Waals surface area contributed by atoms with Crippen LogP contribution in [0.1, 0.15) is 18.0 Å². The highest BCUT2D eigenvalue weighted by molar-refractivity contribution is 7.99. The van der Waals surface area contributed by atoms with Gasteiger partial charge in [-0.15, -0.1) is 11.8 Å². The lowest BCUT2D eigenvalue weighted by molar-refractivity contribution is 0.238. The third kappa shape index (κ3) is 2.13. The third-order valence-electron chi connectivity index (χ3n) is 3.00. The molecule has 18 heavy (non-hydrogen) atoms. The Morgan fingerprint density at radius 2 is 2.33 bits per heavy atom. The highest BCUT2D eigenvalue weighted by atomic mass is 32.2. The van der Waals surface area contributed by atoms with E-state index in [-0.39, 0.29) is 12.1 Å². The average molecular weight is 259 g/mol. The number of benzene rings is 1. The van der Waals surface area contributed by atoms with E-state index in [1.54, 1.807) is 12.4 Å². The largest absolute Gasteiger partial charge is 0.331 e. The molecule has 1 aliphatic rings. The van der Waals surface area contributed by atoms with Gasteiger partial charge in [0, 0.05) is 23.0 Å². The lowest BCUT2D eigenvalue weighted by Gasteiger charge is -2.25. The highest BCUT2D eigenvalue weighted by Crippen LogP contribution is 2.35. The van der Waals surface area contributed by atoms with E-state index in [2.05, 4.69) is 22.4 Å². The Kier molecular flexibility index (Phi) is 3.06. The molecule has 5 heteroatoms. The van der Waals surface area contributed by atoms with Gasteiger partial charge in [0.15, 0.2) is 0 Å². The second-order valence-electron chi connectivity index (χ2n) is 4.15. The molecule has 2 heterocycles. The van der Waals surface area contributed by atoms with Crippen molar-refractivity contribution in [3.8, 4) is 0 Å². The number of imidazole rings is 1. The number of aromatic nitrogens is 2. The molecule has 0 saturated heterocycles. The summed E-state index contributed by atoms with van der Waals surface area (Å²) in [5.74, 6) is 1.03. The minimum absolute atomic E-state index is 0.0948. The number of thioether (sulfide) groups is 1. The zero-order valence-corrected chi connectivity index (χ0v) is 10.6. The van der Waals surface area contributed by atoms with Crippen LogP contribution in [0.4, 0.5) is 4.79 Å². The van der Waals surface area contributed by atoms with Crippen LogP contribution in [0.2, 0.25) is 0 Å². The fourth-order valence-corrected chi connectivity index (χ4v) is 3.22. The number of fused-ring (bicyclic) bond motifs is 1. The second kappa shape index (κ2) is 4.86. The van der Waals surface area contributed by atoms with E-state index in [1.807, 2.05) is 23.9 Å². The smallest absolute Gasteiger partial charge is 0.327 e. The average Bonchev–Trinajstić information content (AvgIpc) is 2.93. The molecule has 1 atom stereocenters. The second-order valence-corrected chi connectivity index (χ2v) is 5.28. The molecule has 0 aliphatic carbocycles. The molecule has 1 amide bonds. The number of carbonyl (C=O) groups excluding carboxylic acids is 1. The molecule has 1 aromatic heterocycles. The Balaban J connectivity index is 1.80. The summed E-state index contributed by atoms with van der Waals surface area (Å²) in [5.41, 5.74) is 1.21. The zero-order valence-electron chi connectivity index (χ0n) is 9.74. The first-order valence-electron chi connectivity index (χ1n) is 5.85. The van der Waals surface area contributed by atoms with Crippen LogP contribution >= 0.6 is 11.8 Å². The molecule has 1 aromatic carbocycles. The van der Waals surface area contributed by atoms with Crippen molar-refractivity contribution in [1.29, 1.82) is 0 Å². The predicted octanol–water partition coefficient (Wildman–Crippen LogP) is 2.68. The number of rotatable bonds is 1. The van der Waals surface area contributed by atoms with E-state index in [0.29, 0.717) is 0 Å². The van der Waals surface area contributed by atoms with Gasteiger partial charge in [0.2, 0.25) is 0 Å². The molecule has 1 unspecified atom stereocenters. The minimum Gasteiger partial charge on any atom is -0.331 e. The topological polar surface area (TPSA) is 46.9 Å². The van der Waals surface area contributed by atoms with Crippen LogP contribution in [0, 0.1) is 0 Å². The standard InChI is InChI=1S/C13H13N3OS/c17-13(16-7-6-14-9-16)15-11-5-8-18-12-4-2-1-3-10(11)12/h1-4,6-7,9,11H,5,8H2,(H,15,17). The molecule has 1 N–H and O–H groups in total. The molecule has 0 fully saturated rings. The highest BCUT2D eigenvalue weighted by Gasteiger charge is 2.22. The summed E-state index contributed by atoms with van der Waals surface area (Å²) in [6.07, 6.45) is 5.73. The first kappa shape index (κ1) is 11.3. The summed E-state index contributed by atoms with van der Waals surface area (Å²) >= 11 is 1.85. The van der Waals surface area contributed by atoms with Crippen molar-refractivity contribution in [2.75, 3.05) is 5.75 Å². The Morgan fingerprint density at radius 3 is 3.17 bits per heavy atom. The quantitative estimate of drug-likeness (QED) is 0.856. The summed E-state index contributed by atoms with van der Waals surface area (Å²) in [6, 6.07) is 8.21. The summed E-state index contributed by atoms with van der Waals surface area (Å²) < 4.78 is 1.46. The number of nitrogens with zero attached hydrogens (tertiary/aromatic N) is 2. The van der Waals surface area contributed by atoms with E-state index in [9.17, 15) is 4.79 Å². The monoisotopic (exact) mass is 259 g/mol. The summed E-state index contributed by atoms with van der Waals surface area (Å²) in [7, 11) is 0. The maximum absolute atomic E-state index is 12.0. The van der Waals surface area contributed by atoms with Gasteiger partial charge < -0.3 is 5.32 Å². The van der Waals surface area contributed by atoms with Gasteiger partial charge in [-0.25, -0.2) is 9.78 Å². The van der Waals surface area contributed by atoms with Gasteiger partial charge in [-0.05, 0) is 18.1 Å². The summed E-state index contributed by atoms with van der Waals surface area (Å²) in [4.78, 5) is 17.1. The van der Waals surface area contributed by atoms with E-state index >= 15 is 0 Å². The SMILES string of the molecule is O=C(NC1CCSc2ccccc21)n1ccnc1. The van der Waals surface area contributed by atoms with Crippen molar-refractivity contribution in [2.24, 2.45) is 0 Å². The van der Waals surface area contributed by atoms with Gasteiger partial charge in [-0.3, -0.25) is 4.57 Å². The van der Waals surface area contributed by atoms with Crippen LogP contribution < -0.4 is 5.32 Å². The Labute approximate surface area is 109 Å². The van der Waals surface area contributed by atoms with E-state index in [1.165, 1.54) is 21.4 Å². The van der Waals surface area contributed by atoms with Crippen LogP contribution in [0.5, 0.6) is 0 Å². The van der Waals surface area contributed by atoms with Gasteiger partial charge in [-0.2, -0.15) is 0 Å². The molecule has 0 radical (unpaired) electrons. The van der Waals surface area contributed by atoms with E-state index < -0.39 is 0 Å². The van der Waals surface area contributed by atoms with Crippen molar-refractivity contribution in [3.63, 3.8) is 0 Å². The Hall–Kier alpha value is -1.75. The van der Waals surface area contributed by atoms with Crippen molar-refractivity contribution in [1.82, 2.24) is 14.9 Å². The van der Waals surface area contributed by atoms with Gasteiger partial charge in [0.05, 0.1) is 6.04 Å². The van der Waals surface area contributed by atoms with Crippen LogP contribution in [0.25, 0.3) is 0 Å². The van der Waals surface area contributed by atoms with Crippen molar-refractivity contribution < 1.29 is 4.79 Å². The zero-order chi connectivity index (χ0) is 12.4. The molecule has 0 saturated carbocycles. The molecule has 0 spiro atoms. The summed E-state index contributed by atoms with van der Waals surface area (Å²) in [5, 5.41) is 3.05. The number of nitrogens with one attached hydrogen (secondary N) is 1. The first-order valence-corrected chi connectivity index (χ1v) is 6.84. The molecule has 1 aliphatic heterocycles. The van der Waals surface area contributed by atoms with Crippen molar-refractivity contribution >= 4 is 17.8 Å². The Morgan fingerprint density at radius 1 is 1.44 bits per heavy atom. The van der Waals surface area contributed by atoms with Crippen molar-refractivity contribution in [2.45, 2.75) is 17.4 Å². The summed E-state index contributed by atoms with van der Waals surface area (Å²) in [6.45, 7) is 0. The van der Waals surface area contributed by atoms with Gasteiger partial charge in [0.25, 0.3) is 0 Å². The molecule has 4 nitrogen and oxygen atoms in total. The van der Waals surface area contributed by atoms with Gasteiger partial charge >= 0.3 is 6.03 Å². The maximum Gasteiger partial charge on any atom is 0.327 e. The molecule has 3 rings (SSSR count). The number of carbonyl (C=O) groups is 1. The third-order valence-corrected chi connectivity index (χ3v) is 4.12. The fraction of sp³-hybridized carbons (Fsp3) is 0.231. The van der Waals surface area contributed by atoms with Gasteiger partial charge in [-0.1, -0.05) is 18.2 Å². The number of hydrogen-bond acceptors (Lipinski definition) is 3. The first-order chi connectivity index (χ1) is 8.84.